The molecule has 1 aliphatic rings. The average Bonchev–Trinajstić information content (AvgIpc) is 2.76. The highest BCUT2D eigenvalue weighted by Gasteiger charge is 2.15. The summed E-state index contributed by atoms with van der Waals surface area (Å²) >= 11 is 1.64. The van der Waals surface area contributed by atoms with E-state index in [1.165, 1.54) is 0 Å². The molecule has 1 aliphatic heterocycles. The number of nitrogens with one attached hydrogen (secondary N) is 2. The summed E-state index contributed by atoms with van der Waals surface area (Å²) < 4.78 is 5.24. The zero-order chi connectivity index (χ0) is 12.8. The van der Waals surface area contributed by atoms with Gasteiger partial charge in [-0.3, -0.25) is 0 Å². The first-order chi connectivity index (χ1) is 8.74. The Kier molecular flexibility index (Phi) is 4.95. The van der Waals surface area contributed by atoms with Crippen LogP contribution in [0.15, 0.2) is 5.38 Å². The van der Waals surface area contributed by atoms with Crippen LogP contribution in [0.25, 0.3) is 0 Å². The average molecular weight is 269 g/mol. The van der Waals surface area contributed by atoms with E-state index >= 15 is 0 Å². The molecule has 2 amide bonds. The van der Waals surface area contributed by atoms with Crippen molar-refractivity contribution in [1.82, 2.24) is 15.6 Å². The van der Waals surface area contributed by atoms with Gasteiger partial charge in [-0.25, -0.2) is 9.78 Å². The number of aromatic nitrogens is 1. The molecule has 1 aromatic heterocycles. The highest BCUT2D eigenvalue weighted by atomic mass is 32.1. The molecular formula is C12H19N3O2S. The summed E-state index contributed by atoms with van der Waals surface area (Å²) in [6.45, 7) is 4.09. The first-order valence-electron chi connectivity index (χ1n) is 6.27. The number of carbonyl (C=O) groups is 1. The van der Waals surface area contributed by atoms with Crippen molar-refractivity contribution in [3.05, 3.63) is 16.1 Å². The van der Waals surface area contributed by atoms with E-state index in [-0.39, 0.29) is 12.1 Å². The summed E-state index contributed by atoms with van der Waals surface area (Å²) in [5.41, 5.74) is 1.05. The molecule has 100 valence electrons. The zero-order valence-electron chi connectivity index (χ0n) is 10.6. The van der Waals surface area contributed by atoms with Crippen molar-refractivity contribution < 1.29 is 9.53 Å². The van der Waals surface area contributed by atoms with Gasteiger partial charge in [-0.1, -0.05) is 0 Å². The van der Waals surface area contributed by atoms with Crippen LogP contribution in [0.1, 0.15) is 23.5 Å². The fourth-order valence-corrected chi connectivity index (χ4v) is 2.55. The van der Waals surface area contributed by atoms with E-state index in [2.05, 4.69) is 15.6 Å². The lowest BCUT2D eigenvalue weighted by atomic mass is 10.1. The van der Waals surface area contributed by atoms with Crippen molar-refractivity contribution in [2.24, 2.45) is 0 Å². The van der Waals surface area contributed by atoms with Gasteiger partial charge in [0.1, 0.15) is 0 Å². The maximum absolute atomic E-state index is 11.6. The second kappa shape index (κ2) is 6.70. The molecule has 1 fully saturated rings. The number of urea groups is 1. The van der Waals surface area contributed by atoms with Gasteiger partial charge < -0.3 is 15.4 Å². The topological polar surface area (TPSA) is 63.2 Å². The fourth-order valence-electron chi connectivity index (χ4n) is 1.91. The quantitative estimate of drug-likeness (QED) is 0.870. The Morgan fingerprint density at radius 2 is 2.33 bits per heavy atom. The van der Waals surface area contributed by atoms with Gasteiger partial charge in [0.05, 0.1) is 10.7 Å². The third-order valence-corrected chi connectivity index (χ3v) is 3.71. The van der Waals surface area contributed by atoms with E-state index in [0.717, 1.165) is 43.2 Å². The van der Waals surface area contributed by atoms with E-state index in [1.807, 2.05) is 12.3 Å². The Balaban J connectivity index is 1.62. The van der Waals surface area contributed by atoms with Crippen LogP contribution in [0.2, 0.25) is 0 Å². The molecule has 0 bridgehead atoms. The lowest BCUT2D eigenvalue weighted by Gasteiger charge is -2.23. The van der Waals surface area contributed by atoms with Crippen LogP contribution in [0.5, 0.6) is 0 Å². The van der Waals surface area contributed by atoms with E-state index < -0.39 is 0 Å². The number of hydrogen-bond acceptors (Lipinski definition) is 4. The number of thiazole rings is 1. The Morgan fingerprint density at radius 3 is 3.00 bits per heavy atom. The minimum absolute atomic E-state index is 0.0890. The Morgan fingerprint density at radius 1 is 1.56 bits per heavy atom. The van der Waals surface area contributed by atoms with Gasteiger partial charge in [-0.2, -0.15) is 0 Å². The van der Waals surface area contributed by atoms with Crippen LogP contribution in [-0.2, 0) is 11.2 Å². The van der Waals surface area contributed by atoms with Crippen LogP contribution >= 0.6 is 11.3 Å². The largest absolute Gasteiger partial charge is 0.381 e. The predicted octanol–water partition coefficient (Wildman–Crippen LogP) is 1.47. The molecule has 5 nitrogen and oxygen atoms in total. The van der Waals surface area contributed by atoms with Crippen LogP contribution in [-0.4, -0.2) is 36.8 Å². The van der Waals surface area contributed by atoms with Crippen molar-refractivity contribution in [1.29, 1.82) is 0 Å². The molecule has 1 aromatic rings. The minimum Gasteiger partial charge on any atom is -0.381 e. The first kappa shape index (κ1) is 13.3. The number of ether oxygens (including phenoxy) is 1. The predicted molar refractivity (Wildman–Crippen MR) is 70.9 cm³/mol. The maximum Gasteiger partial charge on any atom is 0.315 e. The molecule has 2 heterocycles. The second-order valence-electron chi connectivity index (χ2n) is 4.39. The summed E-state index contributed by atoms with van der Waals surface area (Å²) in [5, 5.41) is 8.93. The smallest absolute Gasteiger partial charge is 0.315 e. The maximum atomic E-state index is 11.6. The zero-order valence-corrected chi connectivity index (χ0v) is 11.4. The molecule has 0 spiro atoms. The van der Waals surface area contributed by atoms with E-state index in [9.17, 15) is 4.79 Å². The molecule has 0 atom stereocenters. The van der Waals surface area contributed by atoms with E-state index in [1.54, 1.807) is 11.3 Å². The highest BCUT2D eigenvalue weighted by molar-refractivity contribution is 7.09. The molecule has 18 heavy (non-hydrogen) atoms. The summed E-state index contributed by atoms with van der Waals surface area (Å²) in [7, 11) is 0. The van der Waals surface area contributed by atoms with Crippen molar-refractivity contribution in [3.63, 3.8) is 0 Å². The van der Waals surface area contributed by atoms with Crippen molar-refractivity contribution in [3.8, 4) is 0 Å². The number of nitrogens with zero attached hydrogens (tertiary/aromatic N) is 1. The number of rotatable bonds is 4. The summed E-state index contributed by atoms with van der Waals surface area (Å²) in [6, 6.07) is 0.161. The third-order valence-electron chi connectivity index (χ3n) is 2.89. The SMILES string of the molecule is Cc1nc(CCNC(=O)NC2CCOCC2)cs1. The van der Waals surface area contributed by atoms with Crippen LogP contribution in [0, 0.1) is 6.92 Å². The second-order valence-corrected chi connectivity index (χ2v) is 5.46. The van der Waals surface area contributed by atoms with Crippen LogP contribution < -0.4 is 10.6 Å². The third kappa shape index (κ3) is 4.27. The Labute approximate surface area is 111 Å². The molecule has 6 heteroatoms. The molecule has 0 aliphatic carbocycles. The summed E-state index contributed by atoms with van der Waals surface area (Å²) in [6.07, 6.45) is 2.59. The first-order valence-corrected chi connectivity index (χ1v) is 7.15. The molecule has 1 saturated heterocycles. The lowest BCUT2D eigenvalue weighted by Crippen LogP contribution is -2.44. The van der Waals surface area contributed by atoms with Crippen LogP contribution in [0.3, 0.4) is 0 Å². The van der Waals surface area contributed by atoms with Gasteiger partial charge in [0.25, 0.3) is 0 Å². The monoisotopic (exact) mass is 269 g/mol. The van der Waals surface area contributed by atoms with Gasteiger partial charge in [0.2, 0.25) is 0 Å². The molecule has 0 aromatic carbocycles. The van der Waals surface area contributed by atoms with Crippen molar-refractivity contribution >= 4 is 17.4 Å². The summed E-state index contributed by atoms with van der Waals surface area (Å²) in [5.74, 6) is 0. The number of aryl methyl sites for hydroxylation is 1. The normalized spacial score (nSPS) is 16.5. The van der Waals surface area contributed by atoms with Crippen molar-refractivity contribution in [2.75, 3.05) is 19.8 Å². The minimum atomic E-state index is -0.0890. The van der Waals surface area contributed by atoms with Gasteiger partial charge in [0.15, 0.2) is 0 Å². The molecule has 0 unspecified atom stereocenters. The number of hydrogen-bond donors (Lipinski definition) is 2. The van der Waals surface area contributed by atoms with Gasteiger partial charge in [-0.05, 0) is 19.8 Å². The highest BCUT2D eigenvalue weighted by Crippen LogP contribution is 2.08. The standard InChI is InChI=1S/C12H19N3O2S/c1-9-14-11(8-18-9)2-5-13-12(16)15-10-3-6-17-7-4-10/h8,10H,2-7H2,1H3,(H2,13,15,16). The number of amides is 2. The molecular weight excluding hydrogens is 250 g/mol. The van der Waals surface area contributed by atoms with Crippen molar-refractivity contribution in [2.45, 2.75) is 32.2 Å². The van der Waals surface area contributed by atoms with Gasteiger partial charge in [0, 0.05) is 37.6 Å². The fraction of sp³-hybridized carbons (Fsp3) is 0.667. The lowest BCUT2D eigenvalue weighted by molar-refractivity contribution is 0.0801. The van der Waals surface area contributed by atoms with Gasteiger partial charge in [-0.15, -0.1) is 11.3 Å². The Hall–Kier alpha value is -1.14. The molecule has 0 saturated carbocycles. The number of carbonyl (C=O) groups excluding carboxylic acids is 1. The van der Waals surface area contributed by atoms with E-state index in [0.29, 0.717) is 6.54 Å². The molecule has 2 rings (SSSR count). The molecule has 2 N–H and O–H groups in total. The van der Waals surface area contributed by atoms with E-state index in [4.69, 9.17) is 4.74 Å². The van der Waals surface area contributed by atoms with Gasteiger partial charge >= 0.3 is 6.03 Å². The van der Waals surface area contributed by atoms with Crippen LogP contribution in [0.4, 0.5) is 4.79 Å². The summed E-state index contributed by atoms with van der Waals surface area (Å²) in [4.78, 5) is 16.0. The molecule has 0 radical (unpaired) electrons. The Bertz CT molecular complexity index is 388.